The summed E-state index contributed by atoms with van der Waals surface area (Å²) >= 11 is 0. The van der Waals surface area contributed by atoms with Crippen LogP contribution in [0, 0.1) is 0 Å². The highest BCUT2D eigenvalue weighted by Gasteiger charge is 2.19. The third-order valence-corrected chi connectivity index (χ3v) is 11.1. The first-order valence-corrected chi connectivity index (χ1v) is 18.5. The first kappa shape index (κ1) is 30.5. The predicted molar refractivity (Wildman–Crippen MR) is 229 cm³/mol. The third-order valence-electron chi connectivity index (χ3n) is 11.1. The van der Waals surface area contributed by atoms with Crippen molar-refractivity contribution in [2.45, 2.75) is 0 Å². The lowest BCUT2D eigenvalue weighted by molar-refractivity contribution is 1.37. The van der Waals surface area contributed by atoms with Crippen molar-refractivity contribution in [3.63, 3.8) is 0 Å². The summed E-state index contributed by atoms with van der Waals surface area (Å²) in [6, 6.07) is 66.5. The predicted octanol–water partition coefficient (Wildman–Crippen LogP) is 14.1. The lowest BCUT2D eigenvalue weighted by atomic mass is 9.84. The molecule has 0 saturated heterocycles. The van der Waals surface area contributed by atoms with Crippen LogP contribution in [0.15, 0.2) is 194 Å². The van der Waals surface area contributed by atoms with Crippen LogP contribution in [0.4, 0.5) is 0 Å². The van der Waals surface area contributed by atoms with Gasteiger partial charge in [0.25, 0.3) is 0 Å². The van der Waals surface area contributed by atoms with Gasteiger partial charge in [-0.25, -0.2) is 0 Å². The van der Waals surface area contributed by atoms with Gasteiger partial charge in [0.2, 0.25) is 0 Å². The maximum atomic E-state index is 4.78. The summed E-state index contributed by atoms with van der Waals surface area (Å²) in [6.07, 6.45) is 3.75. The molecule has 11 aromatic rings. The van der Waals surface area contributed by atoms with Gasteiger partial charge in [0.1, 0.15) is 0 Å². The van der Waals surface area contributed by atoms with E-state index in [4.69, 9.17) is 9.97 Å². The van der Waals surface area contributed by atoms with Crippen molar-refractivity contribution in [1.29, 1.82) is 0 Å². The number of benzene rings is 9. The summed E-state index contributed by atoms with van der Waals surface area (Å²) in [5, 5.41) is 12.1. The molecule has 2 aromatic heterocycles. The summed E-state index contributed by atoms with van der Waals surface area (Å²) < 4.78 is 0. The van der Waals surface area contributed by atoms with Gasteiger partial charge in [-0.2, -0.15) is 0 Å². The lowest BCUT2D eigenvalue weighted by Gasteiger charge is -2.19. The molecule has 0 aliphatic heterocycles. The molecule has 2 heteroatoms. The minimum Gasteiger partial charge on any atom is -0.254 e. The van der Waals surface area contributed by atoms with Crippen LogP contribution in [0.3, 0.4) is 0 Å². The van der Waals surface area contributed by atoms with E-state index in [2.05, 4.69) is 176 Å². The van der Waals surface area contributed by atoms with Crippen molar-refractivity contribution in [2.24, 2.45) is 0 Å². The molecule has 0 N–H and O–H groups in total. The number of nitrogens with zero attached hydrogens (tertiary/aromatic N) is 2. The minimum atomic E-state index is 0.926. The molecule has 11 rings (SSSR count). The summed E-state index contributed by atoms with van der Waals surface area (Å²) in [5.74, 6) is 0. The van der Waals surface area contributed by atoms with Crippen molar-refractivity contribution in [3.05, 3.63) is 194 Å². The molecule has 0 aliphatic rings. The van der Waals surface area contributed by atoms with Gasteiger partial charge in [-0.05, 0) is 124 Å². The van der Waals surface area contributed by atoms with Gasteiger partial charge >= 0.3 is 0 Å². The van der Waals surface area contributed by atoms with E-state index in [0.29, 0.717) is 0 Å². The van der Waals surface area contributed by atoms with Crippen molar-refractivity contribution >= 4 is 64.9 Å². The molecular weight excluding hydrogens is 653 g/mol. The molecule has 0 bridgehead atoms. The second kappa shape index (κ2) is 12.2. The zero-order valence-electron chi connectivity index (χ0n) is 29.4. The molecule has 0 spiro atoms. The van der Waals surface area contributed by atoms with Crippen LogP contribution in [-0.2, 0) is 0 Å². The minimum absolute atomic E-state index is 0.926. The zero-order chi connectivity index (χ0) is 35.6. The van der Waals surface area contributed by atoms with E-state index in [1.54, 1.807) is 0 Å². The van der Waals surface area contributed by atoms with Crippen LogP contribution < -0.4 is 0 Å². The Morgan fingerprint density at radius 1 is 0.259 bits per heavy atom. The average Bonchev–Trinajstić information content (AvgIpc) is 3.24. The van der Waals surface area contributed by atoms with E-state index in [1.807, 2.05) is 18.5 Å². The Morgan fingerprint density at radius 2 is 0.796 bits per heavy atom. The number of aromatic nitrogens is 2. The molecule has 0 saturated carbocycles. The van der Waals surface area contributed by atoms with Gasteiger partial charge in [-0.15, -0.1) is 0 Å². The maximum absolute atomic E-state index is 4.78. The quantitative estimate of drug-likeness (QED) is 0.136. The van der Waals surface area contributed by atoms with Crippen LogP contribution in [0.2, 0.25) is 0 Å². The Balaban J connectivity index is 1.17. The molecule has 0 aliphatic carbocycles. The van der Waals surface area contributed by atoms with E-state index in [-0.39, 0.29) is 0 Å². The maximum Gasteiger partial charge on any atom is 0.0970 e. The Labute approximate surface area is 312 Å². The molecule has 0 fully saturated rings. The van der Waals surface area contributed by atoms with E-state index in [0.717, 1.165) is 32.9 Å². The fourth-order valence-corrected chi connectivity index (χ4v) is 8.54. The molecule has 54 heavy (non-hydrogen) atoms. The molecule has 250 valence electrons. The molecule has 0 unspecified atom stereocenters. The van der Waals surface area contributed by atoms with Crippen LogP contribution in [0.5, 0.6) is 0 Å². The first-order chi connectivity index (χ1) is 26.8. The highest BCUT2D eigenvalue weighted by Crippen LogP contribution is 2.46. The number of hydrogen-bond acceptors (Lipinski definition) is 2. The Bertz CT molecular complexity index is 3290. The summed E-state index contributed by atoms with van der Waals surface area (Å²) in [5.41, 5.74) is 11.5. The second-order valence-electron chi connectivity index (χ2n) is 14.2. The Hall–Kier alpha value is -7.16. The molecule has 0 atom stereocenters. The van der Waals surface area contributed by atoms with Crippen LogP contribution >= 0.6 is 0 Å². The highest BCUT2D eigenvalue weighted by molar-refractivity contribution is 6.22. The Morgan fingerprint density at radius 3 is 1.54 bits per heavy atom. The summed E-state index contributed by atoms with van der Waals surface area (Å²) in [4.78, 5) is 9.47. The largest absolute Gasteiger partial charge is 0.254 e. The molecular formula is C52H32N2. The van der Waals surface area contributed by atoms with Crippen LogP contribution in [0.25, 0.3) is 109 Å². The number of fused-ring (bicyclic) bond motifs is 7. The fourth-order valence-electron chi connectivity index (χ4n) is 8.54. The number of hydrogen-bond donors (Lipinski definition) is 0. The molecule has 0 amide bonds. The van der Waals surface area contributed by atoms with Gasteiger partial charge in [0.05, 0.1) is 11.0 Å². The standard InChI is InChI=1S/C52H32N2/c1-3-11-36-30-41(20-18-33(36)9-1)49-44-16-5-6-17-45(44)50(42-21-19-34-10-2-4-12-37(34)31-42)48-32-39(23-24-46(48)49)38-13-7-14-40(29-38)43-26-28-54-52-47(43)25-22-35-15-8-27-53-51(35)52/h1-32H. The van der Waals surface area contributed by atoms with Gasteiger partial charge in [-0.3, -0.25) is 9.97 Å². The number of rotatable bonds is 4. The Kier molecular flexibility index (Phi) is 6.90. The van der Waals surface area contributed by atoms with Crippen molar-refractivity contribution in [3.8, 4) is 44.5 Å². The molecule has 9 aromatic carbocycles. The first-order valence-electron chi connectivity index (χ1n) is 18.5. The van der Waals surface area contributed by atoms with E-state index >= 15 is 0 Å². The van der Waals surface area contributed by atoms with Crippen LogP contribution in [-0.4, -0.2) is 9.97 Å². The average molecular weight is 685 g/mol. The van der Waals surface area contributed by atoms with Gasteiger partial charge in [0, 0.05) is 23.2 Å². The van der Waals surface area contributed by atoms with E-state index in [9.17, 15) is 0 Å². The highest BCUT2D eigenvalue weighted by atomic mass is 14.7. The lowest BCUT2D eigenvalue weighted by Crippen LogP contribution is -1.92. The second-order valence-corrected chi connectivity index (χ2v) is 14.2. The normalized spacial score (nSPS) is 11.7. The topological polar surface area (TPSA) is 25.8 Å². The molecule has 0 radical (unpaired) electrons. The van der Waals surface area contributed by atoms with Gasteiger partial charge in [-0.1, -0.05) is 146 Å². The summed E-state index contributed by atoms with van der Waals surface area (Å²) in [7, 11) is 0. The monoisotopic (exact) mass is 684 g/mol. The smallest absolute Gasteiger partial charge is 0.0970 e. The SMILES string of the molecule is c1cc(-c2ccc3c(-c4ccc5ccccc5c4)c4ccccc4c(-c4ccc5ccccc5c4)c3c2)cc(-c2ccnc3c2ccc2cccnc23)c1. The molecule has 2 heterocycles. The third kappa shape index (κ3) is 4.88. The summed E-state index contributed by atoms with van der Waals surface area (Å²) in [6.45, 7) is 0. The van der Waals surface area contributed by atoms with Crippen LogP contribution in [0.1, 0.15) is 0 Å². The molecule has 2 nitrogen and oxygen atoms in total. The zero-order valence-corrected chi connectivity index (χ0v) is 29.4. The van der Waals surface area contributed by atoms with Crippen molar-refractivity contribution in [1.82, 2.24) is 9.97 Å². The van der Waals surface area contributed by atoms with Crippen molar-refractivity contribution < 1.29 is 0 Å². The number of pyridine rings is 2. The van der Waals surface area contributed by atoms with Gasteiger partial charge < -0.3 is 0 Å². The van der Waals surface area contributed by atoms with E-state index < -0.39 is 0 Å². The van der Waals surface area contributed by atoms with Crippen molar-refractivity contribution in [2.75, 3.05) is 0 Å². The fraction of sp³-hybridized carbons (Fsp3) is 0. The van der Waals surface area contributed by atoms with E-state index in [1.165, 1.54) is 76.5 Å². The van der Waals surface area contributed by atoms with Gasteiger partial charge in [0.15, 0.2) is 0 Å².